The van der Waals surface area contributed by atoms with Crippen LogP contribution in [0, 0.1) is 0 Å². The largest absolute Gasteiger partial charge is 0.444 e. The van der Waals surface area contributed by atoms with Crippen molar-refractivity contribution in [2.24, 2.45) is 5.84 Å². The first-order chi connectivity index (χ1) is 12.8. The van der Waals surface area contributed by atoms with Crippen LogP contribution in [0.15, 0.2) is 0 Å². The second kappa shape index (κ2) is 9.95. The van der Waals surface area contributed by atoms with Gasteiger partial charge >= 0.3 is 12.2 Å². The van der Waals surface area contributed by atoms with Crippen LogP contribution in [0.25, 0.3) is 0 Å². The van der Waals surface area contributed by atoms with Gasteiger partial charge in [0.25, 0.3) is 0 Å². The van der Waals surface area contributed by atoms with Crippen molar-refractivity contribution in [3.63, 3.8) is 0 Å². The summed E-state index contributed by atoms with van der Waals surface area (Å²) >= 11 is 0. The van der Waals surface area contributed by atoms with E-state index in [2.05, 4.69) is 5.43 Å². The van der Waals surface area contributed by atoms with Crippen molar-refractivity contribution in [2.75, 3.05) is 19.6 Å². The SMILES string of the molecule is CC(C)(C)OC(=O)N1CCC(N(CCCC(=O)NN)C(=O)OC(C)(C)C)CC1. The number of nitrogens with two attached hydrogens (primary N) is 1. The normalized spacial score (nSPS) is 15.8. The van der Waals surface area contributed by atoms with Gasteiger partial charge in [0.2, 0.25) is 5.91 Å². The van der Waals surface area contributed by atoms with Gasteiger partial charge in [0.05, 0.1) is 0 Å². The van der Waals surface area contributed by atoms with Crippen molar-refractivity contribution in [1.82, 2.24) is 15.2 Å². The highest BCUT2D eigenvalue weighted by Crippen LogP contribution is 2.22. The average Bonchev–Trinajstić information content (AvgIpc) is 2.55. The summed E-state index contributed by atoms with van der Waals surface area (Å²) in [5.74, 6) is 4.83. The second-order valence-electron chi connectivity index (χ2n) is 9.04. The van der Waals surface area contributed by atoms with E-state index < -0.39 is 17.3 Å². The predicted octanol–water partition coefficient (Wildman–Crippen LogP) is 2.39. The summed E-state index contributed by atoms with van der Waals surface area (Å²) in [6.07, 6.45) is 1.22. The maximum Gasteiger partial charge on any atom is 0.410 e. The number of ether oxygens (including phenoxy) is 2. The summed E-state index contributed by atoms with van der Waals surface area (Å²) in [7, 11) is 0. The van der Waals surface area contributed by atoms with Gasteiger partial charge in [0.15, 0.2) is 0 Å². The molecule has 3 N–H and O–H groups in total. The van der Waals surface area contributed by atoms with Crippen LogP contribution >= 0.6 is 0 Å². The molecule has 28 heavy (non-hydrogen) atoms. The standard InChI is InChI=1S/C19H36N4O5/c1-18(2,3)27-16(25)22-12-9-14(10-13-22)23(11-7-8-15(24)21-20)17(26)28-19(4,5)6/h14H,7-13,20H2,1-6H3,(H,21,24). The first-order valence-electron chi connectivity index (χ1n) is 9.79. The van der Waals surface area contributed by atoms with Crippen molar-refractivity contribution >= 4 is 18.1 Å². The maximum atomic E-state index is 12.7. The van der Waals surface area contributed by atoms with Gasteiger partial charge in [0.1, 0.15) is 11.2 Å². The fraction of sp³-hybridized carbons (Fsp3) is 0.842. The molecule has 9 nitrogen and oxygen atoms in total. The van der Waals surface area contributed by atoms with Gasteiger partial charge < -0.3 is 19.3 Å². The van der Waals surface area contributed by atoms with Crippen molar-refractivity contribution < 1.29 is 23.9 Å². The predicted molar refractivity (Wildman–Crippen MR) is 105 cm³/mol. The first kappa shape index (κ1) is 24.0. The molecule has 0 saturated carbocycles. The van der Waals surface area contributed by atoms with Gasteiger partial charge in [-0.05, 0) is 60.8 Å². The quantitative estimate of drug-likeness (QED) is 0.416. The monoisotopic (exact) mass is 400 g/mol. The number of rotatable bonds is 5. The Labute approximate surface area is 167 Å². The molecule has 1 aliphatic rings. The highest BCUT2D eigenvalue weighted by atomic mass is 16.6. The van der Waals surface area contributed by atoms with E-state index in [0.29, 0.717) is 38.9 Å². The third kappa shape index (κ3) is 8.77. The van der Waals surface area contributed by atoms with Crippen molar-refractivity contribution in [3.8, 4) is 0 Å². The Balaban J connectivity index is 2.70. The minimum Gasteiger partial charge on any atom is -0.444 e. The Bertz CT molecular complexity index is 546. The molecule has 0 radical (unpaired) electrons. The van der Waals surface area contributed by atoms with E-state index in [0.717, 1.165) is 0 Å². The molecule has 0 atom stereocenters. The van der Waals surface area contributed by atoms with Gasteiger partial charge in [-0.15, -0.1) is 0 Å². The lowest BCUT2D eigenvalue weighted by Gasteiger charge is -2.39. The smallest absolute Gasteiger partial charge is 0.410 e. The van der Waals surface area contributed by atoms with E-state index in [4.69, 9.17) is 15.3 Å². The van der Waals surface area contributed by atoms with Crippen LogP contribution in [-0.4, -0.2) is 64.8 Å². The van der Waals surface area contributed by atoms with Crippen molar-refractivity contribution in [3.05, 3.63) is 0 Å². The lowest BCUT2D eigenvalue weighted by molar-refractivity contribution is -0.121. The molecule has 0 aliphatic carbocycles. The van der Waals surface area contributed by atoms with E-state index in [1.165, 1.54) is 0 Å². The van der Waals surface area contributed by atoms with Crippen LogP contribution in [0.5, 0.6) is 0 Å². The van der Waals surface area contributed by atoms with Crippen LogP contribution < -0.4 is 11.3 Å². The van der Waals surface area contributed by atoms with E-state index in [-0.39, 0.29) is 24.5 Å². The number of amides is 3. The number of hydrogen-bond acceptors (Lipinski definition) is 6. The summed E-state index contributed by atoms with van der Waals surface area (Å²) in [6.45, 7) is 12.3. The summed E-state index contributed by atoms with van der Waals surface area (Å²) < 4.78 is 10.9. The average molecular weight is 401 g/mol. The molecule has 1 aliphatic heterocycles. The molecule has 1 saturated heterocycles. The number of likely N-dealkylation sites (tertiary alicyclic amines) is 1. The Morgan fingerprint density at radius 2 is 1.57 bits per heavy atom. The van der Waals surface area contributed by atoms with Gasteiger partial charge in [-0.25, -0.2) is 15.4 Å². The molecule has 0 unspecified atom stereocenters. The lowest BCUT2D eigenvalue weighted by atomic mass is 10.0. The van der Waals surface area contributed by atoms with Crippen LogP contribution in [0.2, 0.25) is 0 Å². The molecular weight excluding hydrogens is 364 g/mol. The fourth-order valence-electron chi connectivity index (χ4n) is 2.91. The molecule has 1 heterocycles. The van der Waals surface area contributed by atoms with E-state index in [1.54, 1.807) is 9.80 Å². The number of piperidine rings is 1. The van der Waals surface area contributed by atoms with Gasteiger partial charge in [-0.2, -0.15) is 0 Å². The Morgan fingerprint density at radius 3 is 2.04 bits per heavy atom. The third-order valence-corrected chi connectivity index (χ3v) is 4.15. The van der Waals surface area contributed by atoms with Crippen LogP contribution in [0.4, 0.5) is 9.59 Å². The van der Waals surface area contributed by atoms with Crippen LogP contribution in [0.3, 0.4) is 0 Å². The first-order valence-corrected chi connectivity index (χ1v) is 9.79. The number of nitrogens with one attached hydrogen (secondary N) is 1. The lowest BCUT2D eigenvalue weighted by Crippen LogP contribution is -2.51. The van der Waals surface area contributed by atoms with E-state index in [9.17, 15) is 14.4 Å². The Hall–Kier alpha value is -2.03. The fourth-order valence-corrected chi connectivity index (χ4v) is 2.91. The summed E-state index contributed by atoms with van der Waals surface area (Å²) in [4.78, 5) is 39.6. The van der Waals surface area contributed by atoms with Gasteiger partial charge in [-0.3, -0.25) is 10.2 Å². The summed E-state index contributed by atoms with van der Waals surface area (Å²) in [6, 6.07) is -0.0607. The molecule has 0 aromatic heterocycles. The summed E-state index contributed by atoms with van der Waals surface area (Å²) in [5.41, 5.74) is 0.939. The second-order valence-corrected chi connectivity index (χ2v) is 9.04. The molecule has 1 fully saturated rings. The minimum absolute atomic E-state index is 0.0607. The molecular formula is C19H36N4O5. The molecule has 162 valence electrons. The number of hydrogen-bond donors (Lipinski definition) is 2. The highest BCUT2D eigenvalue weighted by Gasteiger charge is 2.33. The molecule has 0 bridgehead atoms. The minimum atomic E-state index is -0.610. The van der Waals surface area contributed by atoms with E-state index >= 15 is 0 Å². The van der Waals surface area contributed by atoms with Crippen molar-refractivity contribution in [2.45, 2.75) is 84.5 Å². The third-order valence-electron chi connectivity index (χ3n) is 4.15. The Kier molecular flexibility index (Phi) is 8.53. The number of hydrazine groups is 1. The number of nitrogens with zero attached hydrogens (tertiary/aromatic N) is 2. The number of carbonyl (C=O) groups is 3. The van der Waals surface area contributed by atoms with E-state index in [1.807, 2.05) is 41.5 Å². The zero-order valence-electron chi connectivity index (χ0n) is 18.0. The van der Waals surface area contributed by atoms with Crippen LogP contribution in [0.1, 0.15) is 67.2 Å². The molecule has 1 rings (SSSR count). The number of carbonyl (C=O) groups excluding carboxylic acids is 3. The Morgan fingerprint density at radius 1 is 1.04 bits per heavy atom. The molecule has 0 spiro atoms. The van der Waals surface area contributed by atoms with Crippen LogP contribution in [-0.2, 0) is 14.3 Å². The molecule has 0 aromatic carbocycles. The van der Waals surface area contributed by atoms with Gasteiger partial charge in [0, 0.05) is 32.1 Å². The van der Waals surface area contributed by atoms with Crippen molar-refractivity contribution in [1.29, 1.82) is 0 Å². The summed E-state index contributed by atoms with van der Waals surface area (Å²) in [5, 5.41) is 0. The highest BCUT2D eigenvalue weighted by molar-refractivity contribution is 5.75. The van der Waals surface area contributed by atoms with Gasteiger partial charge in [-0.1, -0.05) is 0 Å². The molecule has 3 amide bonds. The maximum absolute atomic E-state index is 12.7. The molecule has 9 heteroatoms. The topological polar surface area (TPSA) is 114 Å². The zero-order chi connectivity index (χ0) is 21.5. The zero-order valence-corrected chi connectivity index (χ0v) is 18.0. The molecule has 0 aromatic rings.